The summed E-state index contributed by atoms with van der Waals surface area (Å²) in [5.41, 5.74) is 5.82. The Hall–Kier alpha value is -1.63. The quantitative estimate of drug-likeness (QED) is 0.403. The van der Waals surface area contributed by atoms with Crippen LogP contribution in [0.3, 0.4) is 0 Å². The van der Waals surface area contributed by atoms with E-state index < -0.39 is 5.60 Å². The molecule has 0 aromatic heterocycles. The highest BCUT2D eigenvalue weighted by Crippen LogP contribution is 2.66. The average molecular weight is 479 g/mol. The van der Waals surface area contributed by atoms with Gasteiger partial charge in [-0.05, 0) is 85.6 Å². The fourth-order valence-electron chi connectivity index (χ4n) is 7.22. The maximum Gasteiger partial charge on any atom is 0.156 e. The van der Waals surface area contributed by atoms with Crippen LogP contribution in [0.4, 0.5) is 0 Å². The number of hydrogen-bond donors (Lipinski definition) is 1. The molecule has 4 aliphatic carbocycles. The van der Waals surface area contributed by atoms with Crippen molar-refractivity contribution < 1.29 is 9.90 Å². The molecular formula is C28H31BrO2. The minimum absolute atomic E-state index is 0.213. The molecule has 4 aliphatic rings. The number of carbonyl (C=O) groups is 1. The molecule has 0 spiro atoms. The Labute approximate surface area is 194 Å². The summed E-state index contributed by atoms with van der Waals surface area (Å²) >= 11 is 3.57. The van der Waals surface area contributed by atoms with Crippen molar-refractivity contribution in [1.82, 2.24) is 0 Å². The number of benzene rings is 1. The largest absolute Gasteiger partial charge is 0.377 e. The van der Waals surface area contributed by atoms with Crippen molar-refractivity contribution in [3.05, 3.63) is 58.2 Å². The van der Waals surface area contributed by atoms with Crippen LogP contribution in [-0.4, -0.2) is 16.5 Å². The molecule has 0 amide bonds. The van der Waals surface area contributed by atoms with E-state index in [1.165, 1.54) is 22.3 Å². The lowest BCUT2D eigenvalue weighted by atomic mass is 9.51. The van der Waals surface area contributed by atoms with Crippen LogP contribution in [0.5, 0.6) is 0 Å². The molecule has 162 valence electrons. The van der Waals surface area contributed by atoms with Crippen molar-refractivity contribution >= 4 is 21.7 Å². The van der Waals surface area contributed by atoms with E-state index in [0.717, 1.165) is 43.9 Å². The second-order valence-corrected chi connectivity index (χ2v) is 10.7. The standard InChI is InChI=1S/C28H31BrO2/c1-3-13-28(31)14-12-25-23-10-8-20-15-21(30)9-11-22(20)26(23)24(16-27(25,28)2)19-6-4-18(17-29)5-7-19/h4-7,15,23-25,31H,8-12,14,16-17H2,1-2H3/t23-,24+,25-,27-,28-/m0/s1. The summed E-state index contributed by atoms with van der Waals surface area (Å²) in [4.78, 5) is 12.1. The van der Waals surface area contributed by atoms with Gasteiger partial charge in [0.05, 0.1) is 0 Å². The third-order valence-electron chi connectivity index (χ3n) is 8.75. The van der Waals surface area contributed by atoms with Crippen LogP contribution in [0, 0.1) is 29.1 Å². The molecule has 1 aromatic carbocycles. The number of ketones is 1. The summed E-state index contributed by atoms with van der Waals surface area (Å²) in [7, 11) is 0. The Bertz CT molecular complexity index is 1040. The number of hydrogen-bond acceptors (Lipinski definition) is 2. The molecule has 0 radical (unpaired) electrons. The highest BCUT2D eigenvalue weighted by Gasteiger charge is 2.62. The zero-order valence-corrected chi connectivity index (χ0v) is 20.1. The lowest BCUT2D eigenvalue weighted by molar-refractivity contribution is -0.114. The third kappa shape index (κ3) is 3.21. The highest BCUT2D eigenvalue weighted by atomic mass is 79.9. The highest BCUT2D eigenvalue weighted by molar-refractivity contribution is 9.08. The molecule has 0 saturated heterocycles. The second-order valence-electron chi connectivity index (χ2n) is 10.1. The van der Waals surface area contributed by atoms with E-state index in [9.17, 15) is 9.90 Å². The first-order valence-electron chi connectivity index (χ1n) is 11.7. The first-order chi connectivity index (χ1) is 14.9. The molecular weight excluding hydrogens is 448 g/mol. The summed E-state index contributed by atoms with van der Waals surface area (Å²) in [6.07, 6.45) is 8.26. The average Bonchev–Trinajstić information content (AvgIpc) is 3.03. The zero-order chi connectivity index (χ0) is 21.8. The van der Waals surface area contributed by atoms with Crippen molar-refractivity contribution in [2.24, 2.45) is 17.3 Å². The lowest BCUT2D eigenvalue weighted by Crippen LogP contribution is -2.51. The number of halogens is 1. The van der Waals surface area contributed by atoms with Crippen LogP contribution >= 0.6 is 15.9 Å². The van der Waals surface area contributed by atoms with Crippen molar-refractivity contribution in [1.29, 1.82) is 0 Å². The zero-order valence-electron chi connectivity index (χ0n) is 18.5. The van der Waals surface area contributed by atoms with Crippen LogP contribution < -0.4 is 0 Å². The molecule has 3 heteroatoms. The van der Waals surface area contributed by atoms with Crippen molar-refractivity contribution in [3.8, 4) is 11.8 Å². The number of carbonyl (C=O) groups excluding carboxylic acids is 1. The van der Waals surface area contributed by atoms with Gasteiger partial charge >= 0.3 is 0 Å². The number of rotatable bonds is 2. The van der Waals surface area contributed by atoms with Crippen LogP contribution in [-0.2, 0) is 10.1 Å². The number of allylic oxidation sites excluding steroid dienone is 4. The fraction of sp³-hybridized carbons (Fsp3) is 0.536. The molecule has 0 unspecified atom stereocenters. The van der Waals surface area contributed by atoms with E-state index in [4.69, 9.17) is 0 Å². The van der Waals surface area contributed by atoms with Gasteiger partial charge in [0, 0.05) is 23.1 Å². The predicted molar refractivity (Wildman–Crippen MR) is 128 cm³/mol. The molecule has 2 saturated carbocycles. The maximum atomic E-state index is 12.1. The first kappa shape index (κ1) is 21.2. The third-order valence-corrected chi connectivity index (χ3v) is 9.40. The van der Waals surface area contributed by atoms with E-state index in [1.54, 1.807) is 5.57 Å². The summed E-state index contributed by atoms with van der Waals surface area (Å²) in [6.45, 7) is 4.14. The van der Waals surface area contributed by atoms with Crippen LogP contribution in [0.2, 0.25) is 0 Å². The van der Waals surface area contributed by atoms with Crippen molar-refractivity contribution in [2.45, 2.75) is 75.6 Å². The van der Waals surface area contributed by atoms with Gasteiger partial charge in [-0.25, -0.2) is 0 Å². The predicted octanol–water partition coefficient (Wildman–Crippen LogP) is 6.24. The smallest absolute Gasteiger partial charge is 0.156 e. The minimum Gasteiger partial charge on any atom is -0.377 e. The van der Waals surface area contributed by atoms with Gasteiger partial charge < -0.3 is 5.11 Å². The molecule has 2 nitrogen and oxygen atoms in total. The Morgan fingerprint density at radius 3 is 2.65 bits per heavy atom. The lowest BCUT2D eigenvalue weighted by Gasteiger charge is -2.53. The minimum atomic E-state index is -0.907. The summed E-state index contributed by atoms with van der Waals surface area (Å²) in [6, 6.07) is 8.99. The normalized spacial score (nSPS) is 36.7. The number of aliphatic hydroxyl groups is 1. The molecule has 2 fully saturated rings. The molecule has 0 bridgehead atoms. The van der Waals surface area contributed by atoms with Gasteiger partial charge in [-0.1, -0.05) is 58.6 Å². The van der Waals surface area contributed by atoms with Gasteiger partial charge in [0.15, 0.2) is 5.78 Å². The molecule has 0 heterocycles. The summed E-state index contributed by atoms with van der Waals surface area (Å²) in [5, 5.41) is 12.6. The summed E-state index contributed by atoms with van der Waals surface area (Å²) < 4.78 is 0. The SMILES string of the molecule is CC#C[C@]1(O)CC[C@H]2[C@@H]3CCC4=CC(=O)CCC4=C3[C@@H](c3ccc(CBr)cc3)C[C@@]21C. The van der Waals surface area contributed by atoms with Gasteiger partial charge in [0.1, 0.15) is 5.60 Å². The van der Waals surface area contributed by atoms with Gasteiger partial charge in [0.25, 0.3) is 0 Å². The Morgan fingerprint density at radius 1 is 1.16 bits per heavy atom. The van der Waals surface area contributed by atoms with E-state index in [1.807, 2.05) is 13.0 Å². The van der Waals surface area contributed by atoms with Crippen molar-refractivity contribution in [2.75, 3.05) is 0 Å². The maximum absolute atomic E-state index is 12.1. The van der Waals surface area contributed by atoms with Gasteiger partial charge in [0.2, 0.25) is 0 Å². The Morgan fingerprint density at radius 2 is 1.94 bits per heavy atom. The van der Waals surface area contributed by atoms with E-state index in [-0.39, 0.29) is 17.1 Å². The topological polar surface area (TPSA) is 37.3 Å². The van der Waals surface area contributed by atoms with Crippen LogP contribution in [0.15, 0.2) is 47.1 Å². The fourth-order valence-corrected chi connectivity index (χ4v) is 7.59. The molecule has 1 N–H and O–H groups in total. The first-order valence-corrected chi connectivity index (χ1v) is 12.8. The molecule has 5 atom stereocenters. The summed E-state index contributed by atoms with van der Waals surface area (Å²) in [5.74, 6) is 7.77. The van der Waals surface area contributed by atoms with Crippen molar-refractivity contribution in [3.63, 3.8) is 0 Å². The molecule has 5 rings (SSSR count). The van der Waals surface area contributed by atoms with E-state index >= 15 is 0 Å². The van der Waals surface area contributed by atoms with E-state index in [0.29, 0.717) is 18.3 Å². The van der Waals surface area contributed by atoms with E-state index in [2.05, 4.69) is 59.0 Å². The second kappa shape index (κ2) is 7.75. The van der Waals surface area contributed by atoms with Gasteiger partial charge in [-0.2, -0.15) is 0 Å². The monoisotopic (exact) mass is 478 g/mol. The molecule has 1 aromatic rings. The number of fused-ring (bicyclic) bond motifs is 4. The van der Waals surface area contributed by atoms with Crippen LogP contribution in [0.1, 0.15) is 75.8 Å². The van der Waals surface area contributed by atoms with Gasteiger partial charge in [-0.3, -0.25) is 4.79 Å². The Kier molecular flexibility index (Phi) is 5.31. The number of alkyl halides is 1. The molecule has 0 aliphatic heterocycles. The molecule has 31 heavy (non-hydrogen) atoms. The van der Waals surface area contributed by atoms with Gasteiger partial charge in [-0.15, -0.1) is 5.92 Å². The Balaban J connectivity index is 1.68. The van der Waals surface area contributed by atoms with Crippen LogP contribution in [0.25, 0.3) is 0 Å².